The Morgan fingerprint density at radius 1 is 1.42 bits per heavy atom. The van der Waals surface area contributed by atoms with Crippen LogP contribution in [0.5, 0.6) is 5.75 Å². The second-order valence-corrected chi connectivity index (χ2v) is 5.75. The van der Waals surface area contributed by atoms with Gasteiger partial charge in [0, 0.05) is 25.9 Å². The Kier molecular flexibility index (Phi) is 3.50. The molecule has 1 N–H and O–H groups in total. The number of fused-ring (bicyclic) bond motifs is 1. The van der Waals surface area contributed by atoms with Gasteiger partial charge in [0.2, 0.25) is 0 Å². The van der Waals surface area contributed by atoms with Gasteiger partial charge in [-0.05, 0) is 37.0 Å². The van der Waals surface area contributed by atoms with E-state index in [-0.39, 0.29) is 6.10 Å². The minimum absolute atomic E-state index is 0.267. The lowest BCUT2D eigenvalue weighted by Crippen LogP contribution is -2.48. The number of aryl methyl sites for hydroxylation is 1. The predicted molar refractivity (Wildman–Crippen MR) is 73.6 cm³/mol. The molecular formula is C16H22O3. The van der Waals surface area contributed by atoms with E-state index in [0.717, 1.165) is 51.1 Å². The summed E-state index contributed by atoms with van der Waals surface area (Å²) in [5.41, 5.74) is 2.11. The standard InChI is InChI=1S/C16H22O3/c1-2-18-14-10-16(17,11-14)7-5-12-3-4-15-13(9-12)6-8-19-15/h3-4,9,14,17H,2,5-8,10-11H2,1H3. The highest BCUT2D eigenvalue weighted by molar-refractivity contribution is 5.39. The molecule has 0 aromatic heterocycles. The monoisotopic (exact) mass is 262 g/mol. The molecule has 1 aromatic rings. The molecule has 0 radical (unpaired) electrons. The lowest BCUT2D eigenvalue weighted by atomic mass is 9.74. The summed E-state index contributed by atoms with van der Waals surface area (Å²) in [6, 6.07) is 6.40. The van der Waals surface area contributed by atoms with Crippen LogP contribution >= 0.6 is 0 Å². The minimum atomic E-state index is -0.505. The van der Waals surface area contributed by atoms with Crippen molar-refractivity contribution in [2.45, 2.75) is 50.7 Å². The zero-order chi connectivity index (χ0) is 13.3. The maximum Gasteiger partial charge on any atom is 0.122 e. The summed E-state index contributed by atoms with van der Waals surface area (Å²) < 4.78 is 11.0. The van der Waals surface area contributed by atoms with Gasteiger partial charge < -0.3 is 14.6 Å². The highest BCUT2D eigenvalue weighted by atomic mass is 16.5. The predicted octanol–water partition coefficient (Wildman–Crippen LogP) is 2.48. The van der Waals surface area contributed by atoms with Crippen molar-refractivity contribution in [1.82, 2.24) is 0 Å². The molecular weight excluding hydrogens is 240 g/mol. The van der Waals surface area contributed by atoms with Crippen molar-refractivity contribution in [3.8, 4) is 5.75 Å². The normalized spacial score (nSPS) is 28.6. The topological polar surface area (TPSA) is 38.7 Å². The van der Waals surface area contributed by atoms with Crippen LogP contribution in [0.4, 0.5) is 0 Å². The van der Waals surface area contributed by atoms with Gasteiger partial charge in [0.15, 0.2) is 0 Å². The Hall–Kier alpha value is -1.06. The second-order valence-electron chi connectivity index (χ2n) is 5.75. The van der Waals surface area contributed by atoms with Gasteiger partial charge in [-0.1, -0.05) is 12.1 Å². The fourth-order valence-electron chi connectivity index (χ4n) is 3.12. The Balaban J connectivity index is 1.53. The third-order valence-electron chi connectivity index (χ3n) is 4.25. The average Bonchev–Trinajstić information content (AvgIpc) is 2.82. The number of benzene rings is 1. The SMILES string of the molecule is CCOC1CC(O)(CCc2ccc3c(c2)CCO3)C1. The van der Waals surface area contributed by atoms with Gasteiger partial charge in [-0.15, -0.1) is 0 Å². The Bertz CT molecular complexity index is 449. The van der Waals surface area contributed by atoms with Crippen molar-refractivity contribution in [2.24, 2.45) is 0 Å². The molecule has 1 aliphatic carbocycles. The molecule has 3 nitrogen and oxygen atoms in total. The first-order valence-corrected chi connectivity index (χ1v) is 7.27. The Morgan fingerprint density at radius 3 is 3.05 bits per heavy atom. The second kappa shape index (κ2) is 5.14. The van der Waals surface area contributed by atoms with Gasteiger partial charge in [-0.3, -0.25) is 0 Å². The van der Waals surface area contributed by atoms with Crippen molar-refractivity contribution >= 4 is 0 Å². The molecule has 1 saturated carbocycles. The van der Waals surface area contributed by atoms with E-state index in [4.69, 9.17) is 9.47 Å². The van der Waals surface area contributed by atoms with Gasteiger partial charge in [0.25, 0.3) is 0 Å². The number of hydrogen-bond donors (Lipinski definition) is 1. The summed E-state index contributed by atoms with van der Waals surface area (Å²) in [5, 5.41) is 10.4. The zero-order valence-corrected chi connectivity index (χ0v) is 11.5. The third kappa shape index (κ3) is 2.77. The molecule has 0 spiro atoms. The van der Waals surface area contributed by atoms with Crippen LogP contribution in [0.25, 0.3) is 0 Å². The van der Waals surface area contributed by atoms with Crippen molar-refractivity contribution in [2.75, 3.05) is 13.2 Å². The van der Waals surface area contributed by atoms with Crippen LogP contribution in [0.2, 0.25) is 0 Å². The van der Waals surface area contributed by atoms with Gasteiger partial charge >= 0.3 is 0 Å². The first-order chi connectivity index (χ1) is 9.18. The summed E-state index contributed by atoms with van der Waals surface area (Å²) in [4.78, 5) is 0. The lowest BCUT2D eigenvalue weighted by molar-refractivity contribution is -0.140. The minimum Gasteiger partial charge on any atom is -0.493 e. The molecule has 0 bridgehead atoms. The van der Waals surface area contributed by atoms with E-state index in [1.807, 2.05) is 6.92 Å². The molecule has 19 heavy (non-hydrogen) atoms. The van der Waals surface area contributed by atoms with Crippen LogP contribution < -0.4 is 4.74 Å². The summed E-state index contributed by atoms with van der Waals surface area (Å²) in [6.45, 7) is 3.55. The fourth-order valence-corrected chi connectivity index (χ4v) is 3.12. The smallest absolute Gasteiger partial charge is 0.122 e. The molecule has 3 heteroatoms. The molecule has 104 valence electrons. The molecule has 3 rings (SSSR count). The number of rotatable bonds is 5. The number of hydrogen-bond acceptors (Lipinski definition) is 3. The van der Waals surface area contributed by atoms with E-state index in [0.29, 0.717) is 0 Å². The number of aliphatic hydroxyl groups is 1. The molecule has 0 unspecified atom stereocenters. The zero-order valence-electron chi connectivity index (χ0n) is 11.5. The molecule has 1 heterocycles. The quantitative estimate of drug-likeness (QED) is 0.886. The average molecular weight is 262 g/mol. The molecule has 1 fully saturated rings. The van der Waals surface area contributed by atoms with E-state index in [1.54, 1.807) is 0 Å². The van der Waals surface area contributed by atoms with Crippen molar-refractivity contribution < 1.29 is 14.6 Å². The molecule has 1 aromatic carbocycles. The lowest BCUT2D eigenvalue weighted by Gasteiger charge is -2.43. The van der Waals surface area contributed by atoms with Gasteiger partial charge in [-0.2, -0.15) is 0 Å². The summed E-state index contributed by atoms with van der Waals surface area (Å²) in [5.74, 6) is 1.03. The summed E-state index contributed by atoms with van der Waals surface area (Å²) >= 11 is 0. The van der Waals surface area contributed by atoms with Crippen LogP contribution in [0.1, 0.15) is 37.3 Å². The number of ether oxygens (including phenoxy) is 2. The van der Waals surface area contributed by atoms with Crippen LogP contribution in [-0.2, 0) is 17.6 Å². The van der Waals surface area contributed by atoms with Crippen LogP contribution in [-0.4, -0.2) is 30.0 Å². The van der Waals surface area contributed by atoms with Gasteiger partial charge in [0.1, 0.15) is 5.75 Å². The first kappa shape index (κ1) is 12.9. The van der Waals surface area contributed by atoms with Gasteiger partial charge in [-0.25, -0.2) is 0 Å². The summed E-state index contributed by atoms with van der Waals surface area (Å²) in [7, 11) is 0. The molecule has 0 saturated heterocycles. The van der Waals surface area contributed by atoms with E-state index in [2.05, 4.69) is 18.2 Å². The highest BCUT2D eigenvalue weighted by Gasteiger charge is 2.42. The molecule has 1 aliphatic heterocycles. The van der Waals surface area contributed by atoms with Crippen LogP contribution in [0.3, 0.4) is 0 Å². The molecule has 2 aliphatic rings. The fraction of sp³-hybridized carbons (Fsp3) is 0.625. The van der Waals surface area contributed by atoms with E-state index >= 15 is 0 Å². The van der Waals surface area contributed by atoms with Crippen molar-refractivity contribution in [3.63, 3.8) is 0 Å². The molecule has 0 atom stereocenters. The van der Waals surface area contributed by atoms with Crippen molar-refractivity contribution in [1.29, 1.82) is 0 Å². The largest absolute Gasteiger partial charge is 0.493 e. The Labute approximate surface area is 114 Å². The van der Waals surface area contributed by atoms with E-state index in [1.165, 1.54) is 11.1 Å². The molecule has 0 amide bonds. The summed E-state index contributed by atoms with van der Waals surface area (Å²) in [6.07, 6.45) is 4.62. The van der Waals surface area contributed by atoms with Crippen molar-refractivity contribution in [3.05, 3.63) is 29.3 Å². The maximum atomic E-state index is 10.4. The van der Waals surface area contributed by atoms with Gasteiger partial charge in [0.05, 0.1) is 18.3 Å². The van der Waals surface area contributed by atoms with Crippen LogP contribution in [0.15, 0.2) is 18.2 Å². The van der Waals surface area contributed by atoms with E-state index < -0.39 is 5.60 Å². The third-order valence-corrected chi connectivity index (χ3v) is 4.25. The Morgan fingerprint density at radius 2 is 2.26 bits per heavy atom. The van der Waals surface area contributed by atoms with E-state index in [9.17, 15) is 5.11 Å². The van der Waals surface area contributed by atoms with Crippen LogP contribution in [0, 0.1) is 0 Å². The first-order valence-electron chi connectivity index (χ1n) is 7.27. The highest BCUT2D eigenvalue weighted by Crippen LogP contribution is 2.38. The maximum absolute atomic E-state index is 10.4.